The van der Waals surface area contributed by atoms with Crippen LogP contribution >= 0.6 is 15.9 Å². The second-order valence-electron chi connectivity index (χ2n) is 3.81. The molecule has 0 aromatic heterocycles. The van der Waals surface area contributed by atoms with Crippen molar-refractivity contribution in [1.82, 2.24) is 0 Å². The fourth-order valence-corrected chi connectivity index (χ4v) is 2.80. The zero-order valence-corrected chi connectivity index (χ0v) is 8.21. The van der Waals surface area contributed by atoms with Crippen molar-refractivity contribution in [2.24, 2.45) is 11.7 Å². The molecular weight excluding hydrogens is 214 g/mol. The van der Waals surface area contributed by atoms with Crippen molar-refractivity contribution in [2.75, 3.05) is 0 Å². The van der Waals surface area contributed by atoms with E-state index in [0.29, 0.717) is 12.0 Å². The summed E-state index contributed by atoms with van der Waals surface area (Å²) in [4.78, 5) is 0. The minimum Gasteiger partial charge on any atom is -0.327 e. The summed E-state index contributed by atoms with van der Waals surface area (Å²) in [6.07, 6.45) is 1.20. The van der Waals surface area contributed by atoms with Crippen LogP contribution in [0.3, 0.4) is 0 Å². The fourth-order valence-electron chi connectivity index (χ4n) is 2.42. The first-order chi connectivity index (χ1) is 5.77. The number of halogens is 1. The third kappa shape index (κ3) is 0.771. The molecule has 0 unspecified atom stereocenters. The van der Waals surface area contributed by atoms with Crippen LogP contribution in [0.4, 0.5) is 0 Å². The molecule has 2 aliphatic carbocycles. The fraction of sp³-hybridized carbons (Fsp3) is 0.400. The highest BCUT2D eigenvalue weighted by molar-refractivity contribution is 9.10. The summed E-state index contributed by atoms with van der Waals surface area (Å²) in [6.45, 7) is 0. The summed E-state index contributed by atoms with van der Waals surface area (Å²) in [5, 5.41) is 0. The minimum absolute atomic E-state index is 0.451. The minimum atomic E-state index is 0.451. The van der Waals surface area contributed by atoms with Gasteiger partial charge in [0, 0.05) is 16.4 Å². The highest BCUT2D eigenvalue weighted by Gasteiger charge is 2.53. The maximum atomic E-state index is 5.92. The lowest BCUT2D eigenvalue weighted by Gasteiger charge is -2.04. The van der Waals surface area contributed by atoms with Gasteiger partial charge in [0.15, 0.2) is 0 Å². The number of hydrogen-bond donors (Lipinski definition) is 1. The number of hydrogen-bond acceptors (Lipinski definition) is 1. The second kappa shape index (κ2) is 2.12. The SMILES string of the molecule is N[C@@H]1[C@@H]2Cc3ccc(Br)cc3[C@H]12. The summed E-state index contributed by atoms with van der Waals surface area (Å²) in [5.41, 5.74) is 8.92. The smallest absolute Gasteiger partial charge is 0.0178 e. The topological polar surface area (TPSA) is 26.0 Å². The van der Waals surface area contributed by atoms with Gasteiger partial charge in [0.25, 0.3) is 0 Å². The van der Waals surface area contributed by atoms with E-state index in [4.69, 9.17) is 5.73 Å². The summed E-state index contributed by atoms with van der Waals surface area (Å²) in [6, 6.07) is 7.02. The number of fused-ring (bicyclic) bond motifs is 3. The van der Waals surface area contributed by atoms with Gasteiger partial charge in [-0.15, -0.1) is 0 Å². The Morgan fingerprint density at radius 2 is 2.25 bits per heavy atom. The van der Waals surface area contributed by atoms with E-state index in [1.807, 2.05) is 0 Å². The molecule has 1 aromatic carbocycles. The number of nitrogens with two attached hydrogens (primary N) is 1. The Morgan fingerprint density at radius 3 is 3.08 bits per heavy atom. The molecule has 3 rings (SSSR count). The van der Waals surface area contributed by atoms with Crippen molar-refractivity contribution in [3.8, 4) is 0 Å². The Labute approximate surface area is 80.1 Å². The molecule has 0 saturated heterocycles. The molecule has 3 atom stereocenters. The summed E-state index contributed by atoms with van der Waals surface area (Å²) in [7, 11) is 0. The molecule has 2 aliphatic rings. The molecule has 1 fully saturated rings. The highest BCUT2D eigenvalue weighted by atomic mass is 79.9. The Morgan fingerprint density at radius 1 is 1.42 bits per heavy atom. The van der Waals surface area contributed by atoms with E-state index >= 15 is 0 Å². The van der Waals surface area contributed by atoms with Crippen molar-refractivity contribution in [3.05, 3.63) is 33.8 Å². The molecular formula is C10H10BrN. The summed E-state index contributed by atoms with van der Waals surface area (Å²) < 4.78 is 1.18. The third-order valence-corrected chi connectivity index (χ3v) is 3.65. The van der Waals surface area contributed by atoms with Crippen molar-refractivity contribution in [2.45, 2.75) is 18.4 Å². The molecule has 62 valence electrons. The molecule has 12 heavy (non-hydrogen) atoms. The molecule has 0 bridgehead atoms. The summed E-state index contributed by atoms with van der Waals surface area (Å²) in [5.74, 6) is 1.44. The van der Waals surface area contributed by atoms with Crippen molar-refractivity contribution in [1.29, 1.82) is 0 Å². The molecule has 1 aromatic rings. The first-order valence-corrected chi connectivity index (χ1v) is 5.10. The average Bonchev–Trinajstić information content (AvgIpc) is 2.55. The third-order valence-electron chi connectivity index (χ3n) is 3.15. The number of rotatable bonds is 0. The van der Waals surface area contributed by atoms with Gasteiger partial charge in [-0.05, 0) is 35.6 Å². The van der Waals surface area contributed by atoms with Gasteiger partial charge in [-0.2, -0.15) is 0 Å². The van der Waals surface area contributed by atoms with Crippen molar-refractivity contribution >= 4 is 15.9 Å². The lowest BCUT2D eigenvalue weighted by molar-refractivity contribution is 0.801. The van der Waals surface area contributed by atoms with Gasteiger partial charge in [-0.25, -0.2) is 0 Å². The van der Waals surface area contributed by atoms with Crippen LogP contribution in [-0.2, 0) is 6.42 Å². The molecule has 0 radical (unpaired) electrons. The second-order valence-corrected chi connectivity index (χ2v) is 4.73. The predicted octanol–water partition coefficient (Wildman–Crippen LogP) is 2.05. The van der Waals surface area contributed by atoms with Gasteiger partial charge in [0.1, 0.15) is 0 Å². The Balaban J connectivity index is 2.12. The van der Waals surface area contributed by atoms with Crippen LogP contribution in [0.15, 0.2) is 22.7 Å². The van der Waals surface area contributed by atoms with Crippen LogP contribution in [0.25, 0.3) is 0 Å². The van der Waals surface area contributed by atoms with Gasteiger partial charge in [0.2, 0.25) is 0 Å². The van der Waals surface area contributed by atoms with Gasteiger partial charge in [0.05, 0.1) is 0 Å². The van der Waals surface area contributed by atoms with Gasteiger partial charge < -0.3 is 5.73 Å². The van der Waals surface area contributed by atoms with E-state index in [1.54, 1.807) is 0 Å². The van der Waals surface area contributed by atoms with E-state index < -0.39 is 0 Å². The molecule has 0 heterocycles. The van der Waals surface area contributed by atoms with E-state index in [0.717, 1.165) is 5.92 Å². The molecule has 1 nitrogen and oxygen atoms in total. The van der Waals surface area contributed by atoms with E-state index in [9.17, 15) is 0 Å². The Bertz CT molecular complexity index is 348. The molecule has 0 amide bonds. The molecule has 0 aliphatic heterocycles. The largest absolute Gasteiger partial charge is 0.327 e. The summed E-state index contributed by atoms with van der Waals surface area (Å²) >= 11 is 3.49. The van der Waals surface area contributed by atoms with Crippen LogP contribution in [0.2, 0.25) is 0 Å². The lowest BCUT2D eigenvalue weighted by Crippen LogP contribution is -2.08. The van der Waals surface area contributed by atoms with Crippen LogP contribution in [0.5, 0.6) is 0 Å². The van der Waals surface area contributed by atoms with Crippen LogP contribution in [-0.4, -0.2) is 6.04 Å². The Kier molecular flexibility index (Phi) is 1.25. The monoisotopic (exact) mass is 223 g/mol. The standard InChI is InChI=1S/C10H10BrN/c11-6-2-1-5-3-8-9(10(8)12)7(5)4-6/h1-2,4,8-10H,3,12H2/t8-,9+,10-/m1/s1. The van der Waals surface area contributed by atoms with Gasteiger partial charge in [-0.1, -0.05) is 22.0 Å². The van der Waals surface area contributed by atoms with Gasteiger partial charge in [-0.3, -0.25) is 0 Å². The normalized spacial score (nSPS) is 36.0. The highest BCUT2D eigenvalue weighted by Crippen LogP contribution is 2.55. The molecule has 2 N–H and O–H groups in total. The Hall–Kier alpha value is -0.340. The van der Waals surface area contributed by atoms with Crippen LogP contribution in [0, 0.1) is 5.92 Å². The molecule has 0 spiro atoms. The van der Waals surface area contributed by atoms with E-state index in [-0.39, 0.29) is 0 Å². The van der Waals surface area contributed by atoms with Crippen molar-refractivity contribution < 1.29 is 0 Å². The van der Waals surface area contributed by atoms with Crippen LogP contribution in [0.1, 0.15) is 17.0 Å². The molecule has 1 saturated carbocycles. The first-order valence-electron chi connectivity index (χ1n) is 4.31. The maximum Gasteiger partial charge on any atom is 0.0178 e. The quantitative estimate of drug-likeness (QED) is 0.717. The zero-order chi connectivity index (χ0) is 8.29. The lowest BCUT2D eigenvalue weighted by atomic mass is 10.1. The average molecular weight is 224 g/mol. The molecule has 2 heteroatoms. The number of benzene rings is 1. The maximum absolute atomic E-state index is 5.92. The first kappa shape index (κ1) is 7.10. The van der Waals surface area contributed by atoms with E-state index in [2.05, 4.69) is 34.1 Å². The van der Waals surface area contributed by atoms with E-state index in [1.165, 1.54) is 22.0 Å². The van der Waals surface area contributed by atoms with Crippen molar-refractivity contribution in [3.63, 3.8) is 0 Å². The van der Waals surface area contributed by atoms with Crippen LogP contribution < -0.4 is 5.73 Å². The predicted molar refractivity (Wildman–Crippen MR) is 52.1 cm³/mol. The van der Waals surface area contributed by atoms with Gasteiger partial charge >= 0.3 is 0 Å². The zero-order valence-electron chi connectivity index (χ0n) is 6.63.